The number of carbonyl (C=O) groups is 2. The van der Waals surface area contributed by atoms with E-state index in [4.69, 9.17) is 16.3 Å². The van der Waals surface area contributed by atoms with Crippen LogP contribution in [0.1, 0.15) is 44.7 Å². The van der Waals surface area contributed by atoms with Crippen LogP contribution in [0.4, 0.5) is 0 Å². The second-order valence-corrected chi connectivity index (χ2v) is 9.03. The molecule has 0 bridgehead atoms. The molecule has 30 heavy (non-hydrogen) atoms. The first-order valence-electron chi connectivity index (χ1n) is 10.4. The zero-order chi connectivity index (χ0) is 21.9. The Morgan fingerprint density at radius 3 is 2.53 bits per heavy atom. The Morgan fingerprint density at radius 1 is 1.20 bits per heavy atom. The van der Waals surface area contributed by atoms with E-state index in [-0.39, 0.29) is 17.6 Å². The molecule has 0 aromatic heterocycles. The second kappa shape index (κ2) is 9.06. The lowest BCUT2D eigenvalue weighted by atomic mass is 10.1. The summed E-state index contributed by atoms with van der Waals surface area (Å²) in [6, 6.07) is 8.05. The van der Waals surface area contributed by atoms with Crippen LogP contribution in [0.2, 0.25) is 0 Å². The summed E-state index contributed by atoms with van der Waals surface area (Å²) in [5.74, 6) is 5.63. The largest absolute Gasteiger partial charge is 0.455 e. The predicted octanol–water partition coefficient (Wildman–Crippen LogP) is 1.31. The quantitative estimate of drug-likeness (QED) is 0.312. The third kappa shape index (κ3) is 5.73. The summed E-state index contributed by atoms with van der Waals surface area (Å²) < 4.78 is 5.22. The van der Waals surface area contributed by atoms with Gasteiger partial charge in [-0.25, -0.2) is 10.6 Å². The van der Waals surface area contributed by atoms with Crippen molar-refractivity contribution in [2.24, 2.45) is 11.6 Å². The zero-order valence-electron chi connectivity index (χ0n) is 18.1. The van der Waals surface area contributed by atoms with Crippen molar-refractivity contribution in [3.63, 3.8) is 0 Å². The van der Waals surface area contributed by atoms with Gasteiger partial charge >= 0.3 is 5.97 Å². The fourth-order valence-electron chi connectivity index (χ4n) is 3.90. The smallest absolute Gasteiger partial charge is 0.356 e. The summed E-state index contributed by atoms with van der Waals surface area (Å²) in [7, 11) is 0. The average molecular weight is 416 g/mol. The number of rotatable bonds is 6. The molecule has 2 saturated heterocycles. The van der Waals surface area contributed by atoms with Crippen molar-refractivity contribution in [3.8, 4) is 0 Å². The van der Waals surface area contributed by atoms with Crippen LogP contribution in [0.3, 0.4) is 0 Å². The zero-order valence-corrected chi connectivity index (χ0v) is 18.1. The van der Waals surface area contributed by atoms with Crippen LogP contribution < -0.4 is 11.6 Å². The van der Waals surface area contributed by atoms with E-state index in [1.54, 1.807) is 20.8 Å². The third-order valence-corrected chi connectivity index (χ3v) is 5.32. The highest BCUT2D eigenvalue weighted by atomic mass is 16.6. The van der Waals surface area contributed by atoms with E-state index in [2.05, 4.69) is 4.90 Å². The van der Waals surface area contributed by atoms with E-state index in [9.17, 15) is 9.59 Å². The van der Waals surface area contributed by atoms with Gasteiger partial charge in [0.15, 0.2) is 0 Å². The molecule has 3 rings (SSSR count). The summed E-state index contributed by atoms with van der Waals surface area (Å²) in [4.78, 5) is 28.9. The maximum Gasteiger partial charge on any atom is 0.356 e. The van der Waals surface area contributed by atoms with Crippen molar-refractivity contribution < 1.29 is 14.3 Å². The van der Waals surface area contributed by atoms with Gasteiger partial charge in [0.2, 0.25) is 5.91 Å². The van der Waals surface area contributed by atoms with E-state index < -0.39 is 11.6 Å². The van der Waals surface area contributed by atoms with E-state index in [0.717, 1.165) is 43.6 Å². The molecule has 2 fully saturated rings. The summed E-state index contributed by atoms with van der Waals surface area (Å²) in [6.45, 7) is 9.14. The van der Waals surface area contributed by atoms with E-state index in [1.807, 2.05) is 29.2 Å². The molecule has 2 aliphatic heterocycles. The Balaban J connectivity index is 1.53. The molecule has 0 aliphatic carbocycles. The van der Waals surface area contributed by atoms with Crippen LogP contribution in [-0.4, -0.2) is 58.0 Å². The lowest BCUT2D eigenvalue weighted by molar-refractivity contribution is -0.150. The molecular weight excluding hydrogens is 382 g/mol. The van der Waals surface area contributed by atoms with Crippen molar-refractivity contribution in [2.75, 3.05) is 19.6 Å². The molecule has 4 N–H and O–H groups in total. The molecule has 164 valence electrons. The van der Waals surface area contributed by atoms with Gasteiger partial charge in [-0.2, -0.15) is 0 Å². The Hall–Kier alpha value is -2.58. The molecule has 0 radical (unpaired) electrons. The van der Waals surface area contributed by atoms with Crippen molar-refractivity contribution in [3.05, 3.63) is 47.3 Å². The van der Waals surface area contributed by atoms with Crippen LogP contribution in [0, 0.1) is 0 Å². The molecule has 8 nitrogen and oxygen atoms in total. The van der Waals surface area contributed by atoms with Crippen molar-refractivity contribution in [2.45, 2.75) is 58.3 Å². The van der Waals surface area contributed by atoms with Gasteiger partial charge < -0.3 is 20.4 Å². The van der Waals surface area contributed by atoms with Gasteiger partial charge in [-0.15, -0.1) is 0 Å². The normalized spacial score (nSPS) is 20.3. The molecule has 1 unspecified atom stereocenters. The number of ether oxygens (including phenoxy) is 1. The summed E-state index contributed by atoms with van der Waals surface area (Å²) in [5.41, 5.74) is 7.18. The number of hydrogen-bond acceptors (Lipinski definition) is 7. The SMILES string of the molecule is CC(C)(C)OC(=O)/C(N)=C/N(N)Cc1ccc(CN2CCN3CCCC3C2=O)cc1. The van der Waals surface area contributed by atoms with Crippen LogP contribution in [0.15, 0.2) is 36.2 Å². The van der Waals surface area contributed by atoms with Crippen LogP contribution in [0.25, 0.3) is 0 Å². The minimum Gasteiger partial charge on any atom is -0.455 e. The van der Waals surface area contributed by atoms with E-state index >= 15 is 0 Å². The number of nitrogens with zero attached hydrogens (tertiary/aromatic N) is 3. The number of esters is 1. The van der Waals surface area contributed by atoms with Crippen LogP contribution in [0.5, 0.6) is 0 Å². The molecule has 0 saturated carbocycles. The molecule has 2 aliphatic rings. The Labute approximate surface area is 178 Å². The van der Waals surface area contributed by atoms with Crippen LogP contribution in [-0.2, 0) is 27.4 Å². The van der Waals surface area contributed by atoms with Crippen molar-refractivity contribution >= 4 is 11.9 Å². The molecule has 2 heterocycles. The first-order chi connectivity index (χ1) is 14.1. The Bertz CT molecular complexity index is 800. The highest BCUT2D eigenvalue weighted by Crippen LogP contribution is 2.24. The van der Waals surface area contributed by atoms with Gasteiger partial charge in [0.05, 0.1) is 12.6 Å². The monoisotopic (exact) mass is 415 g/mol. The molecular formula is C22H33N5O3. The Kier molecular flexibility index (Phi) is 6.67. The van der Waals surface area contributed by atoms with Crippen molar-refractivity contribution in [1.82, 2.24) is 14.8 Å². The van der Waals surface area contributed by atoms with E-state index in [0.29, 0.717) is 13.1 Å². The molecule has 1 aromatic rings. The number of nitrogens with two attached hydrogens (primary N) is 2. The number of benzene rings is 1. The number of hydrogen-bond donors (Lipinski definition) is 2. The highest BCUT2D eigenvalue weighted by Gasteiger charge is 2.37. The Morgan fingerprint density at radius 2 is 1.87 bits per heavy atom. The predicted molar refractivity (Wildman–Crippen MR) is 114 cm³/mol. The van der Waals surface area contributed by atoms with Crippen LogP contribution >= 0.6 is 0 Å². The van der Waals surface area contributed by atoms with Crippen molar-refractivity contribution in [1.29, 1.82) is 0 Å². The maximum absolute atomic E-state index is 12.7. The van der Waals surface area contributed by atoms with E-state index in [1.165, 1.54) is 11.2 Å². The third-order valence-electron chi connectivity index (χ3n) is 5.32. The standard InChI is InChI=1S/C22H33N5O3/c1-22(2,3)30-21(29)18(23)15-27(24)14-17-8-6-16(7-9-17)13-26-12-11-25-10-4-5-19(25)20(26)28/h6-9,15,19H,4-5,10-14,23-24H2,1-3H3/b18-15-. The first-order valence-corrected chi connectivity index (χ1v) is 10.4. The van der Waals surface area contributed by atoms with Gasteiger partial charge in [-0.05, 0) is 51.3 Å². The summed E-state index contributed by atoms with van der Waals surface area (Å²) >= 11 is 0. The summed E-state index contributed by atoms with van der Waals surface area (Å²) in [5, 5.41) is 1.36. The second-order valence-electron chi connectivity index (χ2n) is 9.03. The molecule has 1 aromatic carbocycles. The molecule has 1 amide bonds. The lowest BCUT2D eigenvalue weighted by Crippen LogP contribution is -2.53. The summed E-state index contributed by atoms with van der Waals surface area (Å²) in [6.07, 6.45) is 3.46. The van der Waals surface area contributed by atoms with Gasteiger partial charge in [0.25, 0.3) is 0 Å². The average Bonchev–Trinajstić information content (AvgIpc) is 3.13. The number of amides is 1. The van der Waals surface area contributed by atoms with Gasteiger partial charge in [-0.3, -0.25) is 9.69 Å². The first kappa shape index (κ1) is 22.1. The minimum atomic E-state index is -0.614. The molecule has 1 atom stereocenters. The fraction of sp³-hybridized carbons (Fsp3) is 0.545. The fourth-order valence-corrected chi connectivity index (χ4v) is 3.90. The van der Waals surface area contributed by atoms with Gasteiger partial charge in [0.1, 0.15) is 11.3 Å². The highest BCUT2D eigenvalue weighted by molar-refractivity contribution is 5.87. The molecule has 0 spiro atoms. The minimum absolute atomic E-state index is 0.0476. The van der Waals surface area contributed by atoms with Gasteiger partial charge in [-0.1, -0.05) is 24.3 Å². The number of hydrazine groups is 1. The number of piperazine rings is 1. The lowest BCUT2D eigenvalue weighted by Gasteiger charge is -2.36. The van der Waals surface area contributed by atoms with Gasteiger partial charge in [0, 0.05) is 25.8 Å². The number of fused-ring (bicyclic) bond motifs is 1. The topological polar surface area (TPSA) is 105 Å². The molecule has 8 heteroatoms. The maximum atomic E-state index is 12.7. The number of carbonyl (C=O) groups excluding carboxylic acids is 2.